The second kappa shape index (κ2) is 7.69. The molecular weight excluding hydrogens is 318 g/mol. The average molecular weight is 336 g/mol. The van der Waals surface area contributed by atoms with Gasteiger partial charge in [0.25, 0.3) is 5.91 Å². The SMILES string of the molecule is CC(Oc1ccc(Cl)cc1)C(=O)NNC(=O)Cc1cccn1C. The number of aromatic nitrogens is 1. The van der Waals surface area contributed by atoms with Gasteiger partial charge in [0, 0.05) is 24.0 Å². The number of nitrogens with zero attached hydrogens (tertiary/aromatic N) is 1. The van der Waals surface area contributed by atoms with Gasteiger partial charge in [-0.3, -0.25) is 20.4 Å². The number of benzene rings is 1. The summed E-state index contributed by atoms with van der Waals surface area (Å²) >= 11 is 5.78. The summed E-state index contributed by atoms with van der Waals surface area (Å²) < 4.78 is 7.30. The monoisotopic (exact) mass is 335 g/mol. The van der Waals surface area contributed by atoms with Crippen LogP contribution in [0.15, 0.2) is 42.6 Å². The minimum Gasteiger partial charge on any atom is -0.481 e. The molecule has 0 radical (unpaired) electrons. The zero-order valence-electron chi connectivity index (χ0n) is 12.9. The van der Waals surface area contributed by atoms with Crippen molar-refractivity contribution in [3.63, 3.8) is 0 Å². The van der Waals surface area contributed by atoms with E-state index in [-0.39, 0.29) is 12.3 Å². The zero-order valence-corrected chi connectivity index (χ0v) is 13.6. The lowest BCUT2D eigenvalue weighted by Crippen LogP contribution is -2.47. The van der Waals surface area contributed by atoms with Crippen LogP contribution in [0.3, 0.4) is 0 Å². The Labute approximate surface area is 139 Å². The fourth-order valence-electron chi connectivity index (χ4n) is 1.89. The average Bonchev–Trinajstić information content (AvgIpc) is 2.92. The highest BCUT2D eigenvalue weighted by atomic mass is 35.5. The van der Waals surface area contributed by atoms with Crippen molar-refractivity contribution in [3.8, 4) is 5.75 Å². The zero-order chi connectivity index (χ0) is 16.8. The molecule has 1 unspecified atom stereocenters. The van der Waals surface area contributed by atoms with Gasteiger partial charge in [0.15, 0.2) is 6.10 Å². The van der Waals surface area contributed by atoms with Crippen molar-refractivity contribution in [2.24, 2.45) is 7.05 Å². The van der Waals surface area contributed by atoms with Crippen molar-refractivity contribution in [2.45, 2.75) is 19.4 Å². The van der Waals surface area contributed by atoms with Crippen molar-refractivity contribution < 1.29 is 14.3 Å². The number of hydrazine groups is 1. The van der Waals surface area contributed by atoms with E-state index in [2.05, 4.69) is 10.9 Å². The summed E-state index contributed by atoms with van der Waals surface area (Å²) in [6.07, 6.45) is 1.27. The molecule has 2 rings (SSSR count). The van der Waals surface area contributed by atoms with Crippen LogP contribution in [0.4, 0.5) is 0 Å². The van der Waals surface area contributed by atoms with Crippen molar-refractivity contribution in [1.29, 1.82) is 0 Å². The fraction of sp³-hybridized carbons (Fsp3) is 0.250. The minimum absolute atomic E-state index is 0.177. The first-order valence-corrected chi connectivity index (χ1v) is 7.44. The second-order valence-corrected chi connectivity index (χ2v) is 5.48. The molecule has 0 aliphatic heterocycles. The Balaban J connectivity index is 1.78. The molecule has 23 heavy (non-hydrogen) atoms. The molecule has 122 valence electrons. The van der Waals surface area contributed by atoms with E-state index in [0.29, 0.717) is 10.8 Å². The Morgan fingerprint density at radius 1 is 1.22 bits per heavy atom. The molecule has 0 spiro atoms. The second-order valence-electron chi connectivity index (χ2n) is 5.04. The summed E-state index contributed by atoms with van der Waals surface area (Å²) in [6.45, 7) is 1.59. The number of aryl methyl sites for hydroxylation is 1. The van der Waals surface area contributed by atoms with E-state index >= 15 is 0 Å². The maximum absolute atomic E-state index is 11.9. The van der Waals surface area contributed by atoms with Gasteiger partial charge in [0.2, 0.25) is 5.91 Å². The summed E-state index contributed by atoms with van der Waals surface area (Å²) in [5, 5.41) is 0.586. The first-order chi connectivity index (χ1) is 11.0. The lowest BCUT2D eigenvalue weighted by Gasteiger charge is -2.15. The summed E-state index contributed by atoms with van der Waals surface area (Å²) in [7, 11) is 1.85. The van der Waals surface area contributed by atoms with Crippen LogP contribution in [0, 0.1) is 0 Å². The smallest absolute Gasteiger partial charge is 0.279 e. The molecule has 1 atom stereocenters. The molecular formula is C16H18ClN3O3. The first kappa shape index (κ1) is 16.9. The molecule has 0 bridgehead atoms. The van der Waals surface area contributed by atoms with Gasteiger partial charge in [-0.25, -0.2) is 0 Å². The maximum atomic E-state index is 11.9. The van der Waals surface area contributed by atoms with Gasteiger partial charge in [0.1, 0.15) is 5.75 Å². The van der Waals surface area contributed by atoms with E-state index in [1.165, 1.54) is 0 Å². The van der Waals surface area contributed by atoms with Gasteiger partial charge in [-0.2, -0.15) is 0 Å². The quantitative estimate of drug-likeness (QED) is 0.819. The number of carbonyl (C=O) groups excluding carboxylic acids is 2. The van der Waals surface area contributed by atoms with Crippen LogP contribution in [-0.4, -0.2) is 22.5 Å². The molecule has 2 N–H and O–H groups in total. The standard InChI is InChI=1S/C16H18ClN3O3/c1-11(23-14-7-5-12(17)6-8-14)16(22)19-18-15(21)10-13-4-3-9-20(13)2/h3-9,11H,10H2,1-2H3,(H,18,21)(H,19,22). The van der Waals surface area contributed by atoms with Crippen molar-refractivity contribution in [2.75, 3.05) is 0 Å². The molecule has 2 aromatic rings. The number of carbonyl (C=O) groups is 2. The summed E-state index contributed by atoms with van der Waals surface area (Å²) in [4.78, 5) is 23.7. The van der Waals surface area contributed by atoms with Gasteiger partial charge in [-0.15, -0.1) is 0 Å². The molecule has 1 aromatic heterocycles. The third-order valence-electron chi connectivity index (χ3n) is 3.21. The van der Waals surface area contributed by atoms with Crippen molar-refractivity contribution >= 4 is 23.4 Å². The molecule has 1 heterocycles. The Kier molecular flexibility index (Phi) is 5.65. The number of amides is 2. The van der Waals surface area contributed by atoms with Crippen LogP contribution in [0.25, 0.3) is 0 Å². The van der Waals surface area contributed by atoms with E-state index in [9.17, 15) is 9.59 Å². The van der Waals surface area contributed by atoms with Crippen LogP contribution >= 0.6 is 11.6 Å². The van der Waals surface area contributed by atoms with E-state index in [0.717, 1.165) is 5.69 Å². The number of hydrogen-bond donors (Lipinski definition) is 2. The lowest BCUT2D eigenvalue weighted by molar-refractivity contribution is -0.132. The number of hydrogen-bond acceptors (Lipinski definition) is 3. The summed E-state index contributed by atoms with van der Waals surface area (Å²) in [5.41, 5.74) is 5.57. The summed E-state index contributed by atoms with van der Waals surface area (Å²) in [6, 6.07) is 10.4. The molecule has 2 amide bonds. The van der Waals surface area contributed by atoms with Crippen LogP contribution in [-0.2, 0) is 23.1 Å². The number of nitrogens with one attached hydrogen (secondary N) is 2. The number of ether oxygens (including phenoxy) is 1. The van der Waals surface area contributed by atoms with Crippen molar-refractivity contribution in [1.82, 2.24) is 15.4 Å². The lowest BCUT2D eigenvalue weighted by atomic mass is 10.3. The largest absolute Gasteiger partial charge is 0.481 e. The molecule has 0 saturated carbocycles. The molecule has 1 aromatic carbocycles. The predicted molar refractivity (Wildman–Crippen MR) is 86.9 cm³/mol. The molecule has 0 aliphatic rings. The third kappa shape index (κ3) is 5.03. The Bertz CT molecular complexity index is 682. The number of rotatable bonds is 5. The highest BCUT2D eigenvalue weighted by Gasteiger charge is 2.15. The van der Waals surface area contributed by atoms with Gasteiger partial charge >= 0.3 is 0 Å². The van der Waals surface area contributed by atoms with Gasteiger partial charge in [-0.1, -0.05) is 11.6 Å². The predicted octanol–water partition coefficient (Wildman–Crippen LogP) is 1.84. The molecule has 6 nitrogen and oxygen atoms in total. The minimum atomic E-state index is -0.758. The Hall–Kier alpha value is -2.47. The molecule has 7 heteroatoms. The van der Waals surface area contributed by atoms with Crippen molar-refractivity contribution in [3.05, 3.63) is 53.3 Å². The Morgan fingerprint density at radius 2 is 1.91 bits per heavy atom. The van der Waals surface area contributed by atoms with Gasteiger partial charge < -0.3 is 9.30 Å². The number of halogens is 1. The highest BCUT2D eigenvalue weighted by molar-refractivity contribution is 6.30. The Morgan fingerprint density at radius 3 is 2.52 bits per heavy atom. The van der Waals surface area contributed by atoms with Crippen LogP contribution in [0.1, 0.15) is 12.6 Å². The summed E-state index contributed by atoms with van der Waals surface area (Å²) in [5.74, 6) is -0.230. The molecule has 0 aliphatic carbocycles. The van der Waals surface area contributed by atoms with E-state index in [1.54, 1.807) is 31.2 Å². The van der Waals surface area contributed by atoms with E-state index in [1.807, 2.05) is 29.9 Å². The normalized spacial score (nSPS) is 11.6. The third-order valence-corrected chi connectivity index (χ3v) is 3.47. The molecule has 0 fully saturated rings. The van der Waals surface area contributed by atoms with E-state index < -0.39 is 12.0 Å². The molecule has 0 saturated heterocycles. The fourth-order valence-corrected chi connectivity index (χ4v) is 2.02. The van der Waals surface area contributed by atoms with Gasteiger partial charge in [0.05, 0.1) is 6.42 Å². The van der Waals surface area contributed by atoms with Crippen LogP contribution < -0.4 is 15.6 Å². The van der Waals surface area contributed by atoms with Crippen LogP contribution in [0.5, 0.6) is 5.75 Å². The maximum Gasteiger partial charge on any atom is 0.279 e. The topological polar surface area (TPSA) is 72.4 Å². The highest BCUT2D eigenvalue weighted by Crippen LogP contribution is 2.16. The van der Waals surface area contributed by atoms with Crippen LogP contribution in [0.2, 0.25) is 5.02 Å². The van der Waals surface area contributed by atoms with E-state index in [4.69, 9.17) is 16.3 Å². The first-order valence-electron chi connectivity index (χ1n) is 7.07. The van der Waals surface area contributed by atoms with Gasteiger partial charge in [-0.05, 0) is 43.3 Å².